The van der Waals surface area contributed by atoms with Crippen LogP contribution in [0.15, 0.2) is 24.3 Å². The number of hydrogen-bond donors (Lipinski definition) is 4. The van der Waals surface area contributed by atoms with Crippen LogP contribution in [0.3, 0.4) is 0 Å². The summed E-state index contributed by atoms with van der Waals surface area (Å²) in [5.74, 6) is -4.29. The lowest BCUT2D eigenvalue weighted by atomic mass is 9.85. The van der Waals surface area contributed by atoms with Crippen LogP contribution in [0.4, 0.5) is 0 Å². The second-order valence-electron chi connectivity index (χ2n) is 11.3. The van der Waals surface area contributed by atoms with E-state index < -0.39 is 48.9 Å². The SMILES string of the molecule is COc1cc(O)c2c(OC)c3c(cc2c1-c1c(OC)cc(O)c2c(OC)c4c(cc12)C[C@@H](CC(=O)O)OC4=O)C[C@@H](CC(=O)O)OC3=O. The number of benzene rings is 4. The van der Waals surface area contributed by atoms with Crippen molar-refractivity contribution in [3.63, 3.8) is 0 Å². The summed E-state index contributed by atoms with van der Waals surface area (Å²) in [4.78, 5) is 49.4. The van der Waals surface area contributed by atoms with Crippen molar-refractivity contribution in [2.45, 2.75) is 37.9 Å². The van der Waals surface area contributed by atoms with Gasteiger partial charge in [-0.1, -0.05) is 0 Å². The van der Waals surface area contributed by atoms with E-state index in [-0.39, 0.29) is 69.2 Å². The summed E-state index contributed by atoms with van der Waals surface area (Å²) in [6, 6.07) is 5.88. The van der Waals surface area contributed by atoms with Gasteiger partial charge < -0.3 is 48.8 Å². The minimum atomic E-state index is -1.16. The van der Waals surface area contributed by atoms with Gasteiger partial charge >= 0.3 is 23.9 Å². The van der Waals surface area contributed by atoms with Gasteiger partial charge in [0.2, 0.25) is 0 Å². The van der Waals surface area contributed by atoms with Gasteiger partial charge in [0.1, 0.15) is 57.8 Å². The van der Waals surface area contributed by atoms with Crippen LogP contribution in [0.2, 0.25) is 0 Å². The molecule has 2 heterocycles. The average Bonchev–Trinajstić information content (AvgIpc) is 3.02. The zero-order valence-electron chi connectivity index (χ0n) is 26.2. The molecule has 2 aliphatic rings. The van der Waals surface area contributed by atoms with Crippen molar-refractivity contribution in [3.05, 3.63) is 46.5 Å². The summed E-state index contributed by atoms with van der Waals surface area (Å²) >= 11 is 0. The number of phenolic OH excluding ortho intramolecular Hbond substituents is 2. The Bertz CT molecular complexity index is 1920. The van der Waals surface area contributed by atoms with E-state index in [1.54, 1.807) is 12.1 Å². The molecule has 0 unspecified atom stereocenters. The van der Waals surface area contributed by atoms with Crippen molar-refractivity contribution >= 4 is 45.4 Å². The maximum Gasteiger partial charge on any atom is 0.342 e. The fraction of sp³-hybridized carbons (Fsp3) is 0.294. The normalized spacial score (nSPS) is 16.8. The fourth-order valence-electron chi connectivity index (χ4n) is 6.76. The van der Waals surface area contributed by atoms with Crippen LogP contribution in [0.1, 0.15) is 44.7 Å². The first-order chi connectivity index (χ1) is 22.9. The van der Waals surface area contributed by atoms with E-state index in [0.29, 0.717) is 33.0 Å². The Morgan fingerprint density at radius 3 is 1.33 bits per heavy atom. The van der Waals surface area contributed by atoms with Crippen LogP contribution in [-0.4, -0.2) is 85.0 Å². The number of methoxy groups -OCH3 is 4. The van der Waals surface area contributed by atoms with Crippen LogP contribution in [0.25, 0.3) is 32.7 Å². The molecule has 0 saturated carbocycles. The highest BCUT2D eigenvalue weighted by Gasteiger charge is 2.37. The number of hydrogen-bond acceptors (Lipinski definition) is 12. The first-order valence-electron chi connectivity index (χ1n) is 14.6. The lowest BCUT2D eigenvalue weighted by molar-refractivity contribution is -0.140. The lowest BCUT2D eigenvalue weighted by Crippen LogP contribution is -2.30. The molecular weight excluding hydrogens is 632 g/mol. The van der Waals surface area contributed by atoms with Gasteiger partial charge in [0.15, 0.2) is 0 Å². The third-order valence-electron chi connectivity index (χ3n) is 8.56. The third-order valence-corrected chi connectivity index (χ3v) is 8.56. The smallest absolute Gasteiger partial charge is 0.342 e. The molecule has 4 aromatic carbocycles. The lowest BCUT2D eigenvalue weighted by Gasteiger charge is -2.28. The Kier molecular flexibility index (Phi) is 8.03. The fourth-order valence-corrected chi connectivity index (χ4v) is 6.76. The number of cyclic esters (lactones) is 2. The van der Waals surface area contributed by atoms with Crippen LogP contribution >= 0.6 is 0 Å². The van der Waals surface area contributed by atoms with Gasteiger partial charge in [-0.05, 0) is 23.3 Å². The molecule has 2 atom stereocenters. The van der Waals surface area contributed by atoms with Gasteiger partial charge in [-0.2, -0.15) is 0 Å². The Morgan fingerprint density at radius 1 is 0.646 bits per heavy atom. The number of fused-ring (bicyclic) bond motifs is 4. The number of esters is 2. The van der Waals surface area contributed by atoms with Crippen molar-refractivity contribution in [1.29, 1.82) is 0 Å². The molecule has 0 spiro atoms. The van der Waals surface area contributed by atoms with E-state index in [4.69, 9.17) is 28.4 Å². The molecule has 0 aliphatic carbocycles. The molecule has 0 fully saturated rings. The summed E-state index contributed by atoms with van der Waals surface area (Å²) in [5.41, 5.74) is 1.49. The predicted molar refractivity (Wildman–Crippen MR) is 167 cm³/mol. The molecular formula is C34H30O14. The Balaban J connectivity index is 1.75. The number of ether oxygens (including phenoxy) is 6. The first kappa shape index (κ1) is 32.0. The van der Waals surface area contributed by atoms with E-state index in [2.05, 4.69) is 0 Å². The molecule has 6 rings (SSSR count). The minimum absolute atomic E-state index is 0.0149. The molecule has 4 aromatic rings. The second kappa shape index (κ2) is 12.0. The number of carbonyl (C=O) groups excluding carboxylic acids is 2. The summed E-state index contributed by atoms with van der Waals surface area (Å²) in [6.45, 7) is 0. The zero-order chi connectivity index (χ0) is 34.6. The van der Waals surface area contributed by atoms with E-state index in [1.165, 1.54) is 40.6 Å². The number of carboxylic acids is 2. The van der Waals surface area contributed by atoms with E-state index >= 15 is 0 Å². The standard InChI is InChI=1S/C34H30O14/c1-43-21-11-19(35)27-17(7-13-5-15(9-23(37)38)47-33(41)25(13)31(27)45-3)29(21)30-18-8-14-6-16(10-24(39)40)48-34(42)26(14)32(46-4)28(18)20(36)12-22(30)44-2/h7-8,11-12,15-16,35-36H,5-6,9-10H2,1-4H3,(H,37,38)(H,39,40)/t15-,16-/m0/s1. The number of carboxylic acid groups (broad SMARTS) is 2. The first-order valence-corrected chi connectivity index (χ1v) is 14.6. The molecule has 0 saturated heterocycles. The second-order valence-corrected chi connectivity index (χ2v) is 11.3. The van der Waals surface area contributed by atoms with Crippen molar-refractivity contribution in [1.82, 2.24) is 0 Å². The molecule has 250 valence electrons. The van der Waals surface area contributed by atoms with Gasteiger partial charge in [0.05, 0.1) is 52.1 Å². The number of carbonyl (C=O) groups is 4. The third kappa shape index (κ3) is 5.05. The quantitative estimate of drug-likeness (QED) is 0.185. The predicted octanol–water partition coefficient (Wildman–Crippen LogP) is 4.22. The van der Waals surface area contributed by atoms with E-state index in [1.807, 2.05) is 0 Å². The van der Waals surface area contributed by atoms with Gasteiger partial charge in [0.25, 0.3) is 0 Å². The van der Waals surface area contributed by atoms with Crippen LogP contribution in [0.5, 0.6) is 34.5 Å². The average molecular weight is 663 g/mol. The summed E-state index contributed by atoms with van der Waals surface area (Å²) < 4.78 is 33.7. The minimum Gasteiger partial charge on any atom is -0.507 e. The summed E-state index contributed by atoms with van der Waals surface area (Å²) in [7, 11) is 5.39. The van der Waals surface area contributed by atoms with E-state index in [0.717, 1.165) is 0 Å². The van der Waals surface area contributed by atoms with Crippen molar-refractivity contribution in [2.24, 2.45) is 0 Å². The Hall–Kier alpha value is -5.92. The van der Waals surface area contributed by atoms with Crippen LogP contribution in [-0.2, 0) is 31.9 Å². The molecule has 48 heavy (non-hydrogen) atoms. The van der Waals surface area contributed by atoms with Crippen molar-refractivity contribution in [2.75, 3.05) is 28.4 Å². The number of rotatable bonds is 9. The van der Waals surface area contributed by atoms with Gasteiger partial charge in [0, 0.05) is 46.9 Å². The molecule has 0 radical (unpaired) electrons. The summed E-state index contributed by atoms with van der Waals surface area (Å²) in [5, 5.41) is 42.2. The molecule has 14 heteroatoms. The van der Waals surface area contributed by atoms with Crippen molar-refractivity contribution < 1.29 is 68.0 Å². The topological polar surface area (TPSA) is 205 Å². The highest BCUT2D eigenvalue weighted by molar-refractivity contribution is 6.18. The van der Waals surface area contributed by atoms with Crippen LogP contribution < -0.4 is 18.9 Å². The Labute approximate surface area is 271 Å². The summed E-state index contributed by atoms with van der Waals surface area (Å²) in [6.07, 6.45) is -2.75. The van der Waals surface area contributed by atoms with Gasteiger partial charge in [-0.25, -0.2) is 9.59 Å². The highest BCUT2D eigenvalue weighted by Crippen LogP contribution is 2.55. The largest absolute Gasteiger partial charge is 0.507 e. The van der Waals surface area contributed by atoms with Gasteiger partial charge in [-0.3, -0.25) is 9.59 Å². The molecule has 0 amide bonds. The molecule has 0 bridgehead atoms. The number of aromatic hydroxyl groups is 2. The Morgan fingerprint density at radius 2 is 1.02 bits per heavy atom. The maximum absolute atomic E-state index is 13.2. The number of aliphatic carboxylic acids is 2. The molecule has 4 N–H and O–H groups in total. The molecule has 2 aliphatic heterocycles. The van der Waals surface area contributed by atoms with Crippen LogP contribution in [0, 0.1) is 0 Å². The highest BCUT2D eigenvalue weighted by atomic mass is 16.6. The monoisotopic (exact) mass is 662 g/mol. The van der Waals surface area contributed by atoms with Gasteiger partial charge in [-0.15, -0.1) is 0 Å². The molecule has 0 aromatic heterocycles. The van der Waals surface area contributed by atoms with Crippen molar-refractivity contribution in [3.8, 4) is 45.6 Å². The maximum atomic E-state index is 13.2. The van der Waals surface area contributed by atoms with E-state index in [9.17, 15) is 39.6 Å². The molecule has 14 nitrogen and oxygen atoms in total. The zero-order valence-corrected chi connectivity index (χ0v) is 26.2. The number of phenols is 2.